The molecule has 2 heterocycles. The summed E-state index contributed by atoms with van der Waals surface area (Å²) in [6.45, 7) is 3.34. The molecular formula is C26H22N2O2S. The van der Waals surface area contributed by atoms with Gasteiger partial charge in [0.1, 0.15) is 0 Å². The highest BCUT2D eigenvalue weighted by Gasteiger charge is 2.35. The minimum Gasteiger partial charge on any atom is -0.347 e. The quantitative estimate of drug-likeness (QED) is 0.345. The van der Waals surface area contributed by atoms with E-state index in [0.717, 1.165) is 57.5 Å². The van der Waals surface area contributed by atoms with E-state index in [4.69, 9.17) is 0 Å². The van der Waals surface area contributed by atoms with Gasteiger partial charge < -0.3 is 4.57 Å². The Morgan fingerprint density at radius 1 is 0.903 bits per heavy atom. The lowest BCUT2D eigenvalue weighted by Gasteiger charge is -2.14. The third-order valence-electron chi connectivity index (χ3n) is 5.65. The molecule has 0 atom stereocenters. The average Bonchev–Trinajstić information content (AvgIpc) is 3.26. The van der Waals surface area contributed by atoms with Crippen molar-refractivity contribution < 1.29 is 9.59 Å². The highest BCUT2D eigenvalue weighted by Crippen LogP contribution is 2.35. The number of rotatable bonds is 5. The summed E-state index contributed by atoms with van der Waals surface area (Å²) in [5, 5.41) is 3.04. The minimum atomic E-state index is -0.227. The maximum atomic E-state index is 13.1. The van der Waals surface area contributed by atoms with Gasteiger partial charge >= 0.3 is 0 Å². The van der Waals surface area contributed by atoms with Crippen molar-refractivity contribution in [3.05, 3.63) is 89.0 Å². The number of fused-ring (bicyclic) bond motifs is 2. The van der Waals surface area contributed by atoms with Gasteiger partial charge in [-0.3, -0.25) is 14.5 Å². The Kier molecular flexibility index (Phi) is 5.12. The molecule has 0 spiro atoms. The summed E-state index contributed by atoms with van der Waals surface area (Å²) in [5.74, 6) is -0.227. The van der Waals surface area contributed by atoms with Crippen molar-refractivity contribution in [3.8, 4) is 0 Å². The molecule has 0 bridgehead atoms. The third kappa shape index (κ3) is 3.55. The van der Waals surface area contributed by atoms with Crippen molar-refractivity contribution >= 4 is 50.7 Å². The summed E-state index contributed by atoms with van der Waals surface area (Å²) in [4.78, 5) is 27.7. The number of carbonyl (C=O) groups excluding carboxylic acids is 2. The van der Waals surface area contributed by atoms with Crippen LogP contribution >= 0.6 is 11.8 Å². The fourth-order valence-corrected chi connectivity index (χ4v) is 5.02. The van der Waals surface area contributed by atoms with Crippen LogP contribution in [0.4, 0.5) is 4.79 Å². The summed E-state index contributed by atoms with van der Waals surface area (Å²) in [5.41, 5.74) is 3.09. The molecular weight excluding hydrogens is 404 g/mol. The minimum absolute atomic E-state index is 0.221. The number of carbonyl (C=O) groups is 2. The Morgan fingerprint density at radius 2 is 1.65 bits per heavy atom. The smallest absolute Gasteiger partial charge is 0.293 e. The van der Waals surface area contributed by atoms with Crippen molar-refractivity contribution in [2.24, 2.45) is 0 Å². The number of para-hydroxylation sites is 1. The summed E-state index contributed by atoms with van der Waals surface area (Å²) in [6.07, 6.45) is 4.97. The van der Waals surface area contributed by atoms with Crippen LogP contribution in [0, 0.1) is 0 Å². The summed E-state index contributed by atoms with van der Waals surface area (Å²) in [6, 6.07) is 22.2. The number of hydrogen-bond donors (Lipinski definition) is 0. The van der Waals surface area contributed by atoms with Crippen LogP contribution in [0.25, 0.3) is 27.8 Å². The SMILES string of the molecule is CCCn1cc(/C=C2\SC(=O)N(Cc3cccc4ccccc34)C2=O)c2ccccc21. The van der Waals surface area contributed by atoms with Crippen LogP contribution in [0.15, 0.2) is 77.8 Å². The van der Waals surface area contributed by atoms with Crippen LogP contribution in [0.5, 0.6) is 0 Å². The van der Waals surface area contributed by atoms with Crippen molar-refractivity contribution in [2.75, 3.05) is 0 Å². The Balaban J connectivity index is 1.48. The zero-order valence-electron chi connectivity index (χ0n) is 17.2. The Hall–Kier alpha value is -3.31. The summed E-state index contributed by atoms with van der Waals surface area (Å²) in [7, 11) is 0. The van der Waals surface area contributed by atoms with E-state index in [1.165, 1.54) is 4.90 Å². The van der Waals surface area contributed by atoms with Gasteiger partial charge in [-0.25, -0.2) is 0 Å². The first-order chi connectivity index (χ1) is 15.2. The second-order valence-corrected chi connectivity index (χ2v) is 8.69. The molecule has 1 aromatic heterocycles. The van der Waals surface area contributed by atoms with E-state index in [1.54, 1.807) is 0 Å². The van der Waals surface area contributed by atoms with Gasteiger partial charge in [0, 0.05) is 29.2 Å². The van der Waals surface area contributed by atoms with E-state index in [-0.39, 0.29) is 17.7 Å². The highest BCUT2D eigenvalue weighted by molar-refractivity contribution is 8.18. The molecule has 3 aromatic carbocycles. The fourth-order valence-electron chi connectivity index (χ4n) is 4.19. The number of aryl methyl sites for hydroxylation is 1. The van der Waals surface area contributed by atoms with Gasteiger partial charge in [-0.15, -0.1) is 0 Å². The Bertz CT molecular complexity index is 1350. The average molecular weight is 427 g/mol. The largest absolute Gasteiger partial charge is 0.347 e. The molecule has 2 amide bonds. The molecule has 1 aliphatic heterocycles. The number of imide groups is 1. The van der Waals surface area contributed by atoms with E-state index in [0.29, 0.717) is 4.91 Å². The highest BCUT2D eigenvalue weighted by atomic mass is 32.2. The summed E-state index contributed by atoms with van der Waals surface area (Å²) < 4.78 is 2.21. The van der Waals surface area contributed by atoms with E-state index < -0.39 is 0 Å². The number of benzene rings is 3. The lowest BCUT2D eigenvalue weighted by atomic mass is 10.0. The van der Waals surface area contributed by atoms with Crippen molar-refractivity contribution in [2.45, 2.75) is 26.4 Å². The first-order valence-electron chi connectivity index (χ1n) is 10.5. The maximum absolute atomic E-state index is 13.1. The van der Waals surface area contributed by atoms with Crippen LogP contribution in [-0.4, -0.2) is 20.6 Å². The predicted molar refractivity (Wildman–Crippen MR) is 128 cm³/mol. The van der Waals surface area contributed by atoms with E-state index in [9.17, 15) is 9.59 Å². The molecule has 0 aliphatic carbocycles. The Labute approximate surface area is 185 Å². The summed E-state index contributed by atoms with van der Waals surface area (Å²) >= 11 is 1.02. The lowest BCUT2D eigenvalue weighted by Crippen LogP contribution is -2.27. The van der Waals surface area contributed by atoms with Crippen LogP contribution < -0.4 is 0 Å². The molecule has 5 heteroatoms. The van der Waals surface area contributed by atoms with Crippen LogP contribution in [0.1, 0.15) is 24.5 Å². The van der Waals surface area contributed by atoms with Crippen molar-refractivity contribution in [1.29, 1.82) is 0 Å². The molecule has 0 radical (unpaired) electrons. The lowest BCUT2D eigenvalue weighted by molar-refractivity contribution is -0.123. The monoisotopic (exact) mass is 426 g/mol. The normalized spacial score (nSPS) is 15.6. The van der Waals surface area contributed by atoms with E-state index in [1.807, 2.05) is 60.7 Å². The molecule has 1 aliphatic rings. The number of aromatic nitrogens is 1. The molecule has 0 saturated carbocycles. The fraction of sp³-hybridized carbons (Fsp3) is 0.154. The molecule has 0 unspecified atom stereocenters. The first-order valence-corrected chi connectivity index (χ1v) is 11.3. The van der Waals surface area contributed by atoms with Gasteiger partial charge in [-0.2, -0.15) is 0 Å². The molecule has 31 heavy (non-hydrogen) atoms. The van der Waals surface area contributed by atoms with Gasteiger partial charge in [0.05, 0.1) is 11.4 Å². The molecule has 1 fully saturated rings. The van der Waals surface area contributed by atoms with Crippen LogP contribution in [0.2, 0.25) is 0 Å². The standard InChI is InChI=1S/C26H22N2O2S/c1-2-14-27-16-20(22-12-5-6-13-23(22)27)15-24-25(29)28(26(30)31-24)17-19-10-7-9-18-8-3-4-11-21(18)19/h3-13,15-16H,2,14,17H2,1H3/b24-15-. The Morgan fingerprint density at radius 3 is 2.48 bits per heavy atom. The topological polar surface area (TPSA) is 42.3 Å². The van der Waals surface area contributed by atoms with Crippen LogP contribution in [0.3, 0.4) is 0 Å². The van der Waals surface area contributed by atoms with Crippen molar-refractivity contribution in [1.82, 2.24) is 9.47 Å². The predicted octanol–water partition coefficient (Wildman–Crippen LogP) is 6.44. The second kappa shape index (κ2) is 8.08. The second-order valence-electron chi connectivity index (χ2n) is 7.70. The first kappa shape index (κ1) is 19.6. The van der Waals surface area contributed by atoms with Gasteiger partial charge in [0.15, 0.2) is 0 Å². The van der Waals surface area contributed by atoms with Gasteiger partial charge in [-0.05, 0) is 46.7 Å². The number of nitrogens with zero attached hydrogens (tertiary/aromatic N) is 2. The molecule has 5 rings (SSSR count). The van der Waals surface area contributed by atoms with Gasteiger partial charge in [-0.1, -0.05) is 67.6 Å². The number of hydrogen-bond acceptors (Lipinski definition) is 3. The third-order valence-corrected chi connectivity index (χ3v) is 6.56. The van der Waals surface area contributed by atoms with Crippen molar-refractivity contribution in [3.63, 3.8) is 0 Å². The number of amides is 2. The van der Waals surface area contributed by atoms with Gasteiger partial charge in [0.2, 0.25) is 0 Å². The van der Waals surface area contributed by atoms with E-state index >= 15 is 0 Å². The molecule has 0 N–H and O–H groups in total. The zero-order valence-corrected chi connectivity index (χ0v) is 18.1. The number of thioether (sulfide) groups is 1. The zero-order chi connectivity index (χ0) is 21.4. The van der Waals surface area contributed by atoms with Crippen LogP contribution in [-0.2, 0) is 17.9 Å². The molecule has 4 nitrogen and oxygen atoms in total. The van der Waals surface area contributed by atoms with E-state index in [2.05, 4.69) is 29.8 Å². The van der Waals surface area contributed by atoms with Gasteiger partial charge in [0.25, 0.3) is 11.1 Å². The molecule has 154 valence electrons. The molecule has 1 saturated heterocycles. The molecule has 4 aromatic rings. The maximum Gasteiger partial charge on any atom is 0.293 e.